The lowest BCUT2D eigenvalue weighted by molar-refractivity contribution is 0.658. The standard InChI is InChI=1S/C21H23N3/c1-14(15-5-9-18(22)10-6-15)21(16-7-11-19(23)12-8-16)17-3-2-4-20(24)13-17/h2-14,21H,22-24H2,1H3. The van der Waals surface area contributed by atoms with Gasteiger partial charge in [0.1, 0.15) is 0 Å². The van der Waals surface area contributed by atoms with Crippen LogP contribution in [-0.4, -0.2) is 0 Å². The highest BCUT2D eigenvalue weighted by Gasteiger charge is 2.23. The van der Waals surface area contributed by atoms with Crippen LogP contribution in [0.2, 0.25) is 0 Å². The van der Waals surface area contributed by atoms with E-state index in [2.05, 4.69) is 43.3 Å². The van der Waals surface area contributed by atoms with Gasteiger partial charge in [0.2, 0.25) is 0 Å². The van der Waals surface area contributed by atoms with Crippen LogP contribution in [0.4, 0.5) is 17.1 Å². The Morgan fingerprint density at radius 1 is 0.583 bits per heavy atom. The molecule has 0 radical (unpaired) electrons. The summed E-state index contributed by atoms with van der Waals surface area (Å²) in [6.07, 6.45) is 0. The van der Waals surface area contributed by atoms with Gasteiger partial charge in [0.25, 0.3) is 0 Å². The molecule has 0 fully saturated rings. The van der Waals surface area contributed by atoms with Crippen molar-refractivity contribution in [3.8, 4) is 0 Å². The minimum absolute atomic E-state index is 0.192. The highest BCUT2D eigenvalue weighted by atomic mass is 14.5. The van der Waals surface area contributed by atoms with Crippen LogP contribution >= 0.6 is 0 Å². The van der Waals surface area contributed by atoms with Crippen LogP contribution in [0.25, 0.3) is 0 Å². The molecule has 122 valence electrons. The molecule has 0 aromatic heterocycles. The topological polar surface area (TPSA) is 78.1 Å². The van der Waals surface area contributed by atoms with E-state index >= 15 is 0 Å². The van der Waals surface area contributed by atoms with Gasteiger partial charge in [-0.3, -0.25) is 0 Å². The van der Waals surface area contributed by atoms with Crippen molar-refractivity contribution in [3.63, 3.8) is 0 Å². The van der Waals surface area contributed by atoms with Crippen molar-refractivity contribution < 1.29 is 0 Å². The molecule has 2 unspecified atom stereocenters. The summed E-state index contributed by atoms with van der Waals surface area (Å²) in [4.78, 5) is 0. The van der Waals surface area contributed by atoms with Gasteiger partial charge in [-0.05, 0) is 59.0 Å². The molecule has 3 nitrogen and oxygen atoms in total. The SMILES string of the molecule is CC(c1ccc(N)cc1)C(c1ccc(N)cc1)c1cccc(N)c1. The number of rotatable bonds is 4. The summed E-state index contributed by atoms with van der Waals surface area (Å²) >= 11 is 0. The zero-order valence-electron chi connectivity index (χ0n) is 13.8. The summed E-state index contributed by atoms with van der Waals surface area (Å²) < 4.78 is 0. The first-order chi connectivity index (χ1) is 11.5. The van der Waals surface area contributed by atoms with Crippen molar-refractivity contribution in [1.29, 1.82) is 0 Å². The smallest absolute Gasteiger partial charge is 0.0316 e. The maximum atomic E-state index is 6.02. The molecular formula is C21H23N3. The Balaban J connectivity index is 2.07. The fraction of sp³-hybridized carbons (Fsp3) is 0.143. The molecule has 0 aliphatic carbocycles. The Labute approximate surface area is 143 Å². The first-order valence-corrected chi connectivity index (χ1v) is 8.11. The average molecular weight is 317 g/mol. The minimum atomic E-state index is 0.192. The predicted molar refractivity (Wildman–Crippen MR) is 103 cm³/mol. The fourth-order valence-corrected chi connectivity index (χ4v) is 3.22. The lowest BCUT2D eigenvalue weighted by Crippen LogP contribution is -2.11. The van der Waals surface area contributed by atoms with E-state index in [1.165, 1.54) is 16.7 Å². The van der Waals surface area contributed by atoms with Crippen molar-refractivity contribution in [2.45, 2.75) is 18.8 Å². The summed E-state index contributed by atoms with van der Waals surface area (Å²) in [6.45, 7) is 2.23. The third kappa shape index (κ3) is 3.35. The molecule has 3 rings (SSSR count). The molecule has 3 aromatic carbocycles. The van der Waals surface area contributed by atoms with E-state index in [9.17, 15) is 0 Å². The third-order valence-electron chi connectivity index (χ3n) is 4.53. The van der Waals surface area contributed by atoms with E-state index in [0.717, 1.165) is 17.1 Å². The molecule has 0 aliphatic rings. The van der Waals surface area contributed by atoms with Gasteiger partial charge in [-0.25, -0.2) is 0 Å². The zero-order valence-corrected chi connectivity index (χ0v) is 13.8. The van der Waals surface area contributed by atoms with Crippen molar-refractivity contribution >= 4 is 17.1 Å². The quantitative estimate of drug-likeness (QED) is 0.625. The van der Waals surface area contributed by atoms with Crippen LogP contribution in [0.5, 0.6) is 0 Å². The Morgan fingerprint density at radius 2 is 1.12 bits per heavy atom. The maximum absolute atomic E-state index is 6.02. The maximum Gasteiger partial charge on any atom is 0.0316 e. The molecule has 2 atom stereocenters. The highest BCUT2D eigenvalue weighted by molar-refractivity contribution is 5.49. The predicted octanol–water partition coefficient (Wildman–Crippen LogP) is 4.37. The molecule has 0 amide bonds. The second kappa shape index (κ2) is 6.67. The first-order valence-electron chi connectivity index (χ1n) is 8.11. The van der Waals surface area contributed by atoms with Crippen molar-refractivity contribution in [2.75, 3.05) is 17.2 Å². The summed E-state index contributed by atoms with van der Waals surface area (Å²) in [5, 5.41) is 0. The molecule has 0 bridgehead atoms. The number of nitrogens with two attached hydrogens (primary N) is 3. The average Bonchev–Trinajstić information content (AvgIpc) is 2.57. The highest BCUT2D eigenvalue weighted by Crippen LogP contribution is 2.39. The van der Waals surface area contributed by atoms with Crippen molar-refractivity contribution in [2.24, 2.45) is 0 Å². The van der Waals surface area contributed by atoms with Crippen LogP contribution in [0.15, 0.2) is 72.8 Å². The van der Waals surface area contributed by atoms with Gasteiger partial charge < -0.3 is 17.2 Å². The Bertz CT molecular complexity index is 807. The molecular weight excluding hydrogens is 294 g/mol. The van der Waals surface area contributed by atoms with E-state index in [1.807, 2.05) is 36.4 Å². The van der Waals surface area contributed by atoms with E-state index in [4.69, 9.17) is 17.2 Å². The Hall–Kier alpha value is -2.94. The number of benzene rings is 3. The van der Waals surface area contributed by atoms with Gasteiger partial charge in [0.05, 0.1) is 0 Å². The molecule has 0 heterocycles. The largest absolute Gasteiger partial charge is 0.399 e. The zero-order chi connectivity index (χ0) is 17.1. The fourth-order valence-electron chi connectivity index (χ4n) is 3.22. The second-order valence-corrected chi connectivity index (χ2v) is 6.27. The van der Waals surface area contributed by atoms with Gasteiger partial charge in [-0.1, -0.05) is 43.3 Å². The summed E-state index contributed by atoms with van der Waals surface area (Å²) in [5.41, 5.74) is 23.7. The summed E-state index contributed by atoms with van der Waals surface area (Å²) in [6, 6.07) is 24.3. The summed E-state index contributed by atoms with van der Waals surface area (Å²) in [5.74, 6) is 0.466. The van der Waals surface area contributed by atoms with Gasteiger partial charge in [0, 0.05) is 23.0 Å². The molecule has 0 spiro atoms. The van der Waals surface area contributed by atoms with E-state index < -0.39 is 0 Å². The molecule has 3 aromatic rings. The van der Waals surface area contributed by atoms with Gasteiger partial charge in [-0.15, -0.1) is 0 Å². The van der Waals surface area contributed by atoms with Crippen molar-refractivity contribution in [3.05, 3.63) is 89.5 Å². The summed E-state index contributed by atoms with van der Waals surface area (Å²) in [7, 11) is 0. The Kier molecular flexibility index (Phi) is 4.43. The molecule has 0 saturated heterocycles. The van der Waals surface area contributed by atoms with Gasteiger partial charge in [0.15, 0.2) is 0 Å². The number of anilines is 3. The minimum Gasteiger partial charge on any atom is -0.399 e. The van der Waals surface area contributed by atoms with Crippen LogP contribution in [-0.2, 0) is 0 Å². The van der Waals surface area contributed by atoms with Crippen LogP contribution in [0, 0.1) is 0 Å². The molecule has 0 saturated carbocycles. The number of hydrogen-bond donors (Lipinski definition) is 3. The van der Waals surface area contributed by atoms with E-state index in [0.29, 0.717) is 0 Å². The lowest BCUT2D eigenvalue weighted by Gasteiger charge is -2.26. The lowest BCUT2D eigenvalue weighted by atomic mass is 9.78. The molecule has 0 aliphatic heterocycles. The van der Waals surface area contributed by atoms with Crippen LogP contribution < -0.4 is 17.2 Å². The van der Waals surface area contributed by atoms with E-state index in [1.54, 1.807) is 0 Å². The van der Waals surface area contributed by atoms with Crippen molar-refractivity contribution in [1.82, 2.24) is 0 Å². The van der Waals surface area contributed by atoms with E-state index in [-0.39, 0.29) is 11.8 Å². The normalized spacial score (nSPS) is 13.4. The van der Waals surface area contributed by atoms with Crippen LogP contribution in [0.1, 0.15) is 35.4 Å². The van der Waals surface area contributed by atoms with Gasteiger partial charge in [-0.2, -0.15) is 0 Å². The number of hydrogen-bond acceptors (Lipinski definition) is 3. The second-order valence-electron chi connectivity index (χ2n) is 6.27. The Morgan fingerprint density at radius 3 is 1.67 bits per heavy atom. The molecule has 24 heavy (non-hydrogen) atoms. The molecule has 3 heteroatoms. The monoisotopic (exact) mass is 317 g/mol. The van der Waals surface area contributed by atoms with Crippen LogP contribution in [0.3, 0.4) is 0 Å². The van der Waals surface area contributed by atoms with Gasteiger partial charge >= 0.3 is 0 Å². The first kappa shape index (κ1) is 15.9. The number of nitrogen functional groups attached to an aromatic ring is 3. The third-order valence-corrected chi connectivity index (χ3v) is 4.53. The molecule has 6 N–H and O–H groups in total.